The quantitative estimate of drug-likeness (QED) is 0.599. The van der Waals surface area contributed by atoms with Crippen LogP contribution in [0.2, 0.25) is 0 Å². The van der Waals surface area contributed by atoms with Gasteiger partial charge in [0.2, 0.25) is 5.89 Å². The van der Waals surface area contributed by atoms with Crippen LogP contribution in [0.25, 0.3) is 11.2 Å². The summed E-state index contributed by atoms with van der Waals surface area (Å²) < 4.78 is 7.17. The van der Waals surface area contributed by atoms with Gasteiger partial charge in [-0.2, -0.15) is 4.98 Å². The van der Waals surface area contributed by atoms with Crippen molar-refractivity contribution in [1.29, 1.82) is 0 Å². The molecule has 3 aromatic heterocycles. The van der Waals surface area contributed by atoms with Crippen LogP contribution in [0.15, 0.2) is 20.4 Å². The summed E-state index contributed by atoms with van der Waals surface area (Å²) in [5.41, 5.74) is -0.952. The predicted octanol–water partition coefficient (Wildman–Crippen LogP) is -1.18. The first-order valence-electron chi connectivity index (χ1n) is 6.01. The molecule has 0 unspecified atom stereocenters. The molecule has 0 aromatic carbocycles. The highest BCUT2D eigenvalue weighted by molar-refractivity contribution is 5.70. The Morgan fingerprint density at radius 3 is 2.90 bits per heavy atom. The summed E-state index contributed by atoms with van der Waals surface area (Å²) in [6, 6.07) is 0. The molecule has 10 heteroatoms. The number of carbonyl (C=O) groups excluding carboxylic acids is 1. The van der Waals surface area contributed by atoms with Crippen molar-refractivity contribution in [3.05, 3.63) is 38.9 Å². The van der Waals surface area contributed by atoms with Crippen molar-refractivity contribution in [3.63, 3.8) is 0 Å². The zero-order valence-corrected chi connectivity index (χ0v) is 10.9. The van der Waals surface area contributed by atoms with E-state index in [-0.39, 0.29) is 30.1 Å². The molecule has 0 radical (unpaired) electrons. The lowest BCUT2D eigenvalue weighted by molar-refractivity contribution is -0.108. The monoisotopic (exact) mass is 290 g/mol. The van der Waals surface area contributed by atoms with Gasteiger partial charge in [0.25, 0.3) is 5.56 Å². The normalized spacial score (nSPS) is 11.1. The molecule has 0 amide bonds. The number of carbonyl (C=O) groups is 1. The van der Waals surface area contributed by atoms with Crippen LogP contribution in [0.4, 0.5) is 0 Å². The van der Waals surface area contributed by atoms with Gasteiger partial charge in [0.05, 0.1) is 12.9 Å². The summed E-state index contributed by atoms with van der Waals surface area (Å²) in [5, 5.41) is 3.59. The Hall–Kier alpha value is -3.04. The maximum atomic E-state index is 12.4. The second-order valence-electron chi connectivity index (χ2n) is 4.32. The van der Waals surface area contributed by atoms with Crippen LogP contribution in [0.3, 0.4) is 0 Å². The van der Waals surface area contributed by atoms with Gasteiger partial charge < -0.3 is 13.9 Å². The van der Waals surface area contributed by atoms with Crippen molar-refractivity contribution in [2.75, 3.05) is 0 Å². The van der Waals surface area contributed by atoms with E-state index in [4.69, 9.17) is 4.52 Å². The van der Waals surface area contributed by atoms with Gasteiger partial charge in [-0.05, 0) is 6.92 Å². The smallest absolute Gasteiger partial charge is 0.330 e. The molecule has 10 nitrogen and oxygen atoms in total. The Morgan fingerprint density at radius 1 is 1.43 bits per heavy atom. The number of nitrogens with zero attached hydrogens (tertiary/aromatic N) is 5. The molecule has 0 aliphatic heterocycles. The molecule has 21 heavy (non-hydrogen) atoms. The van der Waals surface area contributed by atoms with Crippen LogP contribution in [-0.2, 0) is 17.9 Å². The number of nitrogens with one attached hydrogen (secondary N) is 1. The fraction of sp³-hybridized carbons (Fsp3) is 0.273. The van der Waals surface area contributed by atoms with Gasteiger partial charge in [0, 0.05) is 0 Å². The molecule has 3 heterocycles. The molecule has 0 saturated carbocycles. The highest BCUT2D eigenvalue weighted by Gasteiger charge is 2.15. The van der Waals surface area contributed by atoms with Crippen molar-refractivity contribution >= 4 is 17.5 Å². The summed E-state index contributed by atoms with van der Waals surface area (Å²) in [6.45, 7) is 1.44. The Bertz CT molecular complexity index is 930. The lowest BCUT2D eigenvalue weighted by Gasteiger charge is -2.02. The number of aldehydes is 1. The van der Waals surface area contributed by atoms with E-state index in [0.717, 1.165) is 4.57 Å². The minimum absolute atomic E-state index is 0.0303. The van der Waals surface area contributed by atoms with Crippen molar-refractivity contribution < 1.29 is 9.32 Å². The van der Waals surface area contributed by atoms with Gasteiger partial charge in [-0.3, -0.25) is 9.78 Å². The van der Waals surface area contributed by atoms with E-state index < -0.39 is 11.2 Å². The standard InChI is InChI=1S/C11H10N6O4/c1-6-13-7(21-15-6)4-17-10(19)8-9(14-11(17)20)12-5-16(8)2-3-18/h3,5H,2,4H2,1H3,(H,14,20). The summed E-state index contributed by atoms with van der Waals surface area (Å²) in [4.78, 5) is 45.3. The Labute approximate surface area is 116 Å². The number of aromatic nitrogens is 6. The fourth-order valence-electron chi connectivity index (χ4n) is 1.99. The summed E-state index contributed by atoms with van der Waals surface area (Å²) in [6.07, 6.45) is 1.95. The average molecular weight is 290 g/mol. The Morgan fingerprint density at radius 2 is 2.24 bits per heavy atom. The first-order chi connectivity index (χ1) is 10.1. The molecule has 0 bridgehead atoms. The highest BCUT2D eigenvalue weighted by Crippen LogP contribution is 2.03. The highest BCUT2D eigenvalue weighted by atomic mass is 16.5. The van der Waals surface area contributed by atoms with Crippen molar-refractivity contribution in [2.45, 2.75) is 20.0 Å². The third kappa shape index (κ3) is 2.16. The van der Waals surface area contributed by atoms with Crippen LogP contribution in [-0.4, -0.2) is 35.5 Å². The zero-order chi connectivity index (χ0) is 15.0. The summed E-state index contributed by atoms with van der Waals surface area (Å²) >= 11 is 0. The van der Waals surface area contributed by atoms with Crippen molar-refractivity contribution in [2.24, 2.45) is 0 Å². The molecular formula is C11H10N6O4. The van der Waals surface area contributed by atoms with E-state index in [0.29, 0.717) is 12.1 Å². The van der Waals surface area contributed by atoms with Gasteiger partial charge in [0.15, 0.2) is 17.0 Å². The summed E-state index contributed by atoms with van der Waals surface area (Å²) in [5.74, 6) is 0.544. The second-order valence-corrected chi connectivity index (χ2v) is 4.32. The molecule has 0 aliphatic rings. The number of imidazole rings is 1. The molecule has 3 rings (SSSR count). The van der Waals surface area contributed by atoms with Gasteiger partial charge >= 0.3 is 5.69 Å². The van der Waals surface area contributed by atoms with Gasteiger partial charge in [-0.15, -0.1) is 0 Å². The maximum absolute atomic E-state index is 12.4. The first kappa shape index (κ1) is 13.0. The number of aromatic amines is 1. The number of fused-ring (bicyclic) bond motifs is 1. The maximum Gasteiger partial charge on any atom is 0.330 e. The fourth-order valence-corrected chi connectivity index (χ4v) is 1.99. The van der Waals surface area contributed by atoms with Gasteiger partial charge in [-0.1, -0.05) is 5.16 Å². The number of hydrogen-bond donors (Lipinski definition) is 1. The van der Waals surface area contributed by atoms with Gasteiger partial charge in [-0.25, -0.2) is 14.3 Å². The zero-order valence-electron chi connectivity index (χ0n) is 10.9. The number of aryl methyl sites for hydroxylation is 1. The van der Waals surface area contributed by atoms with E-state index in [1.807, 2.05) is 0 Å². The van der Waals surface area contributed by atoms with E-state index >= 15 is 0 Å². The van der Waals surface area contributed by atoms with Crippen LogP contribution in [0, 0.1) is 6.92 Å². The summed E-state index contributed by atoms with van der Waals surface area (Å²) in [7, 11) is 0. The van der Waals surface area contributed by atoms with E-state index in [9.17, 15) is 14.4 Å². The Kier molecular flexibility index (Phi) is 2.97. The SMILES string of the molecule is Cc1noc(Cn2c(=O)[nH]c3ncn(CC=O)c3c2=O)n1. The molecule has 3 aromatic rings. The minimum atomic E-state index is -0.639. The number of hydrogen-bond acceptors (Lipinski definition) is 7. The second kappa shape index (κ2) is 4.81. The number of H-pyrrole nitrogens is 1. The van der Waals surface area contributed by atoms with Crippen LogP contribution in [0.1, 0.15) is 11.7 Å². The largest absolute Gasteiger partial charge is 0.337 e. The topological polar surface area (TPSA) is 129 Å². The van der Waals surface area contributed by atoms with Gasteiger partial charge in [0.1, 0.15) is 12.8 Å². The van der Waals surface area contributed by atoms with Crippen LogP contribution < -0.4 is 11.2 Å². The van der Waals surface area contributed by atoms with E-state index in [2.05, 4.69) is 20.1 Å². The lowest BCUT2D eigenvalue weighted by atomic mass is 10.5. The molecule has 1 N–H and O–H groups in total. The van der Waals surface area contributed by atoms with Crippen LogP contribution >= 0.6 is 0 Å². The average Bonchev–Trinajstić information content (AvgIpc) is 3.02. The molecule has 0 spiro atoms. The van der Waals surface area contributed by atoms with E-state index in [1.54, 1.807) is 6.92 Å². The molecule has 0 fully saturated rings. The first-order valence-corrected chi connectivity index (χ1v) is 6.01. The molecular weight excluding hydrogens is 280 g/mol. The molecule has 108 valence electrons. The van der Waals surface area contributed by atoms with Crippen molar-refractivity contribution in [1.82, 2.24) is 29.2 Å². The Balaban J connectivity index is 2.18. The predicted molar refractivity (Wildman–Crippen MR) is 68.8 cm³/mol. The minimum Gasteiger partial charge on any atom is -0.337 e. The van der Waals surface area contributed by atoms with Crippen molar-refractivity contribution in [3.8, 4) is 0 Å². The van der Waals surface area contributed by atoms with E-state index in [1.165, 1.54) is 10.9 Å². The molecule has 0 atom stereocenters. The third-order valence-corrected chi connectivity index (χ3v) is 2.89. The van der Waals surface area contributed by atoms with Crippen LogP contribution in [0.5, 0.6) is 0 Å². The molecule has 0 saturated heterocycles. The lowest BCUT2D eigenvalue weighted by Crippen LogP contribution is -2.36. The third-order valence-electron chi connectivity index (χ3n) is 2.89. The number of rotatable bonds is 4. The molecule has 0 aliphatic carbocycles.